The van der Waals surface area contributed by atoms with E-state index in [2.05, 4.69) is 19.4 Å². The molecule has 2 aromatic carbocycles. The minimum atomic E-state index is -3.27. The number of carboxylic acid groups (broad SMARTS) is 1. The average Bonchev–Trinajstić information content (AvgIpc) is 2.73. The summed E-state index contributed by atoms with van der Waals surface area (Å²) in [5.74, 6) is -2.26. The van der Waals surface area contributed by atoms with Crippen LogP contribution in [0.15, 0.2) is 61.1 Å². The van der Waals surface area contributed by atoms with Gasteiger partial charge in [-0.3, -0.25) is 9.97 Å². The van der Waals surface area contributed by atoms with Gasteiger partial charge in [0, 0.05) is 29.8 Å². The maximum Gasteiger partial charge on any atom is 0.387 e. The Labute approximate surface area is 173 Å². The van der Waals surface area contributed by atoms with Gasteiger partial charge in [-0.05, 0) is 36.4 Å². The van der Waals surface area contributed by atoms with Crippen LogP contribution in [0.5, 0.6) is 11.5 Å². The minimum absolute atomic E-state index is 0.0469. The number of carboxylic acids is 1. The number of aromatic nitrogens is 2. The van der Waals surface area contributed by atoms with Crippen LogP contribution in [-0.4, -0.2) is 34.3 Å². The lowest BCUT2D eigenvalue weighted by atomic mass is 10.1. The van der Waals surface area contributed by atoms with E-state index in [-0.39, 0.29) is 17.8 Å². The first-order valence-electron chi connectivity index (χ1n) is 8.73. The summed E-state index contributed by atoms with van der Waals surface area (Å²) in [5, 5.41) is 9.09. The summed E-state index contributed by atoms with van der Waals surface area (Å²) < 4.78 is 59.4. The first kappa shape index (κ1) is 21.8. The van der Waals surface area contributed by atoms with Crippen molar-refractivity contribution in [3.05, 3.63) is 72.3 Å². The highest BCUT2D eigenvalue weighted by atomic mass is 19.3. The van der Waals surface area contributed by atoms with E-state index in [0.29, 0.717) is 11.4 Å². The third kappa shape index (κ3) is 5.81. The smallest absolute Gasteiger partial charge is 0.387 e. The Balaban J connectivity index is 2.04. The highest BCUT2D eigenvalue weighted by Gasteiger charge is 2.19. The molecule has 0 radical (unpaired) electrons. The summed E-state index contributed by atoms with van der Waals surface area (Å²) in [5.41, 5.74) is 1.33. The molecule has 0 aliphatic heterocycles. The van der Waals surface area contributed by atoms with Gasteiger partial charge < -0.3 is 19.5 Å². The fourth-order valence-corrected chi connectivity index (χ4v) is 2.74. The summed E-state index contributed by atoms with van der Waals surface area (Å²) in [6.45, 7) is -6.38. The highest BCUT2D eigenvalue weighted by Crippen LogP contribution is 2.37. The number of benzene rings is 2. The number of nitrogens with zero attached hydrogens (tertiary/aromatic N) is 3. The lowest BCUT2D eigenvalue weighted by Gasteiger charge is -2.26. The molecule has 0 unspecified atom stereocenters. The molecule has 0 fully saturated rings. The van der Waals surface area contributed by atoms with E-state index in [4.69, 9.17) is 5.11 Å². The number of aromatic carboxylic acids is 1. The summed E-state index contributed by atoms with van der Waals surface area (Å²) >= 11 is 0. The Morgan fingerprint density at radius 1 is 0.935 bits per heavy atom. The molecule has 3 rings (SSSR count). The molecule has 162 valence electrons. The SMILES string of the molecule is O=C(O)c1ccc(N(Cc2cnccn2)c2ccc(OC(F)F)c(OC(F)F)c2)cc1. The average molecular weight is 437 g/mol. The summed E-state index contributed by atoms with van der Waals surface area (Å²) in [7, 11) is 0. The van der Waals surface area contributed by atoms with Crippen LogP contribution in [-0.2, 0) is 6.54 Å². The number of alkyl halides is 4. The molecule has 1 N–H and O–H groups in total. The van der Waals surface area contributed by atoms with Crippen LogP contribution in [0.3, 0.4) is 0 Å². The summed E-state index contributed by atoms with van der Waals surface area (Å²) in [6.07, 6.45) is 4.43. The van der Waals surface area contributed by atoms with Gasteiger partial charge in [0.2, 0.25) is 0 Å². The van der Waals surface area contributed by atoms with Crippen LogP contribution in [0.25, 0.3) is 0 Å². The topological polar surface area (TPSA) is 84.8 Å². The van der Waals surface area contributed by atoms with Gasteiger partial charge >= 0.3 is 19.2 Å². The minimum Gasteiger partial charge on any atom is -0.478 e. The van der Waals surface area contributed by atoms with Gasteiger partial charge in [-0.2, -0.15) is 17.6 Å². The van der Waals surface area contributed by atoms with E-state index in [9.17, 15) is 22.4 Å². The van der Waals surface area contributed by atoms with E-state index in [1.54, 1.807) is 4.90 Å². The third-order valence-electron chi connectivity index (χ3n) is 4.03. The van der Waals surface area contributed by atoms with E-state index in [0.717, 1.165) is 12.1 Å². The number of hydrogen-bond acceptors (Lipinski definition) is 6. The summed E-state index contributed by atoms with van der Waals surface area (Å²) in [4.78, 5) is 20.9. The van der Waals surface area contributed by atoms with Gasteiger partial charge in [0.05, 0.1) is 24.0 Å². The molecule has 31 heavy (non-hydrogen) atoms. The molecule has 11 heteroatoms. The maximum absolute atomic E-state index is 12.8. The second-order valence-electron chi connectivity index (χ2n) is 6.02. The van der Waals surface area contributed by atoms with E-state index in [1.165, 1.54) is 48.9 Å². The monoisotopic (exact) mass is 437 g/mol. The Morgan fingerprint density at radius 2 is 1.58 bits per heavy atom. The van der Waals surface area contributed by atoms with Crippen LogP contribution in [0.1, 0.15) is 16.1 Å². The molecule has 7 nitrogen and oxygen atoms in total. The van der Waals surface area contributed by atoms with E-state index in [1.807, 2.05) is 0 Å². The normalized spacial score (nSPS) is 10.9. The zero-order valence-corrected chi connectivity index (χ0v) is 15.7. The predicted molar refractivity (Wildman–Crippen MR) is 101 cm³/mol. The van der Waals surface area contributed by atoms with Crippen molar-refractivity contribution in [2.45, 2.75) is 19.8 Å². The Kier molecular flexibility index (Phi) is 6.85. The third-order valence-corrected chi connectivity index (χ3v) is 4.03. The van der Waals surface area contributed by atoms with Crippen molar-refractivity contribution in [1.82, 2.24) is 9.97 Å². The molecule has 0 amide bonds. The van der Waals surface area contributed by atoms with Crippen molar-refractivity contribution >= 4 is 17.3 Å². The van der Waals surface area contributed by atoms with Crippen molar-refractivity contribution in [1.29, 1.82) is 0 Å². The summed E-state index contributed by atoms with van der Waals surface area (Å²) in [6, 6.07) is 9.32. The molecule has 0 atom stereocenters. The van der Waals surface area contributed by atoms with E-state index >= 15 is 0 Å². The molecule has 1 heterocycles. The lowest BCUT2D eigenvalue weighted by molar-refractivity contribution is -0.0692. The van der Waals surface area contributed by atoms with Gasteiger partial charge in [-0.1, -0.05) is 0 Å². The largest absolute Gasteiger partial charge is 0.478 e. The molecule has 3 aromatic rings. The van der Waals surface area contributed by atoms with Crippen LogP contribution in [0.2, 0.25) is 0 Å². The van der Waals surface area contributed by atoms with Crippen LogP contribution < -0.4 is 14.4 Å². The Bertz CT molecular complexity index is 1020. The zero-order valence-electron chi connectivity index (χ0n) is 15.7. The van der Waals surface area contributed by atoms with E-state index < -0.39 is 30.7 Å². The first-order chi connectivity index (χ1) is 14.8. The second kappa shape index (κ2) is 9.74. The number of halogens is 4. The second-order valence-corrected chi connectivity index (χ2v) is 6.02. The van der Waals surface area contributed by atoms with Gasteiger partial charge in [0.25, 0.3) is 0 Å². The number of ether oxygens (including phenoxy) is 2. The standard InChI is InChI=1S/C20H15F4N3O4/c21-19(22)30-16-6-5-15(9-17(16)31-20(23)24)27(11-13-10-25-7-8-26-13)14-3-1-12(2-4-14)18(28)29/h1-10,19-20H,11H2,(H,28,29). The van der Waals surface area contributed by atoms with Crippen molar-refractivity contribution in [3.63, 3.8) is 0 Å². The molecule has 0 saturated carbocycles. The molecule has 0 bridgehead atoms. The molecule has 0 aliphatic carbocycles. The lowest BCUT2D eigenvalue weighted by Crippen LogP contribution is -2.18. The number of rotatable bonds is 9. The van der Waals surface area contributed by atoms with Crippen LogP contribution >= 0.6 is 0 Å². The van der Waals surface area contributed by atoms with Crippen LogP contribution in [0, 0.1) is 0 Å². The van der Waals surface area contributed by atoms with Crippen LogP contribution in [0.4, 0.5) is 28.9 Å². The Morgan fingerprint density at radius 3 is 2.16 bits per heavy atom. The fraction of sp³-hybridized carbons (Fsp3) is 0.150. The molecule has 1 aromatic heterocycles. The van der Waals surface area contributed by atoms with Crippen molar-refractivity contribution in [3.8, 4) is 11.5 Å². The first-order valence-corrected chi connectivity index (χ1v) is 8.73. The van der Waals surface area contributed by atoms with Gasteiger partial charge in [0.1, 0.15) is 0 Å². The van der Waals surface area contributed by atoms with Gasteiger partial charge in [-0.15, -0.1) is 0 Å². The maximum atomic E-state index is 12.8. The number of hydrogen-bond donors (Lipinski definition) is 1. The number of anilines is 2. The van der Waals surface area contributed by atoms with Gasteiger partial charge in [-0.25, -0.2) is 4.79 Å². The van der Waals surface area contributed by atoms with Gasteiger partial charge in [0.15, 0.2) is 11.5 Å². The molecular weight excluding hydrogens is 422 g/mol. The highest BCUT2D eigenvalue weighted by molar-refractivity contribution is 5.88. The fourth-order valence-electron chi connectivity index (χ4n) is 2.74. The predicted octanol–water partition coefficient (Wildman–Crippen LogP) is 4.72. The zero-order chi connectivity index (χ0) is 22.4. The molecular formula is C20H15F4N3O4. The Hall–Kier alpha value is -3.89. The van der Waals surface area contributed by atoms with Crippen molar-refractivity contribution in [2.75, 3.05) is 4.90 Å². The molecule has 0 spiro atoms. The van der Waals surface area contributed by atoms with Crippen molar-refractivity contribution in [2.24, 2.45) is 0 Å². The molecule has 0 aliphatic rings. The number of carbonyl (C=O) groups is 1. The quantitative estimate of drug-likeness (QED) is 0.485. The van der Waals surface area contributed by atoms with Crippen molar-refractivity contribution < 1.29 is 36.9 Å². The molecule has 0 saturated heterocycles.